The van der Waals surface area contributed by atoms with Crippen LogP contribution in [0.2, 0.25) is 0 Å². The maximum absolute atomic E-state index is 14.0. The van der Waals surface area contributed by atoms with Crippen molar-refractivity contribution in [2.24, 2.45) is 0 Å². The Morgan fingerprint density at radius 3 is 1.18 bits per heavy atom. The molecule has 0 radical (unpaired) electrons. The third-order valence-corrected chi connectivity index (χ3v) is 18.9. The van der Waals surface area contributed by atoms with Crippen molar-refractivity contribution in [2.45, 2.75) is 110 Å². The van der Waals surface area contributed by atoms with Crippen molar-refractivity contribution in [1.29, 1.82) is 0 Å². The predicted molar refractivity (Wildman–Crippen MR) is 398 cm³/mol. The maximum Gasteiger partial charge on any atom is 0.329 e. The van der Waals surface area contributed by atoms with Gasteiger partial charge in [-0.1, -0.05) is 121 Å². The molecule has 6 aromatic rings. The Bertz CT molecular complexity index is 3290. The van der Waals surface area contributed by atoms with Crippen LogP contribution in [0.5, 0.6) is 0 Å². The van der Waals surface area contributed by atoms with Crippen molar-refractivity contribution in [3.63, 3.8) is 0 Å². The minimum atomic E-state index is -1.81. The standard InChI is InChI=1S/C74H107N11O18P2/c1-4-94-47-48-95-42-35-81(36-43-96-49-53-100-55-51-98-45-38-84-73-61-23-11-9-21-59(61)57-82(65-27-15-13-25-63(65)71(73)77-79-84)69(88)31-29-67(86)75-33-17-5-7-19-40-102-104(90)92-2)37-44-97-50-54-101-56-52-99-46-39-85-74-62-24-12-10-22-60(62)58-83(66-28-16-14-26-64(66)72(74)78-80-85)70(89)32-30-68(87)76-34-18-6-8-20-41-103-105(91)93-3/h9-16,21-28,90-91H,4-8,17-20,29-58H2,1-3H3,(H,75,86)(H,76,87). The van der Waals surface area contributed by atoms with Gasteiger partial charge in [0.25, 0.3) is 0 Å². The van der Waals surface area contributed by atoms with E-state index >= 15 is 0 Å². The van der Waals surface area contributed by atoms with Gasteiger partial charge in [-0.3, -0.25) is 24.1 Å². The minimum absolute atomic E-state index is 0.0443. The largest absolute Gasteiger partial charge is 0.379 e. The molecule has 0 aliphatic carbocycles. The number of unbranched alkanes of at least 4 members (excludes halogenated alkanes) is 6. The van der Waals surface area contributed by atoms with Crippen molar-refractivity contribution in [3.05, 3.63) is 108 Å². The fourth-order valence-corrected chi connectivity index (χ4v) is 12.7. The fraction of sp³-hybridized carbons (Fsp3) is 0.568. The van der Waals surface area contributed by atoms with Gasteiger partial charge >= 0.3 is 17.2 Å². The number of ether oxygens (including phenoxy) is 8. The Labute approximate surface area is 619 Å². The SMILES string of the molecule is CCOCCOCCN(CCOCCOCCOCCn1nnc2c1-c1ccccc1CN(C(=O)CCC(=O)NCCCCCCOP(O)OC)c1ccccc1-2)CCOCCOCCOCCn1nnc2c1-c1ccccc1CN(C(=O)CCC(=O)NCCCCCCOP(O)OC)c1ccccc1-2. The normalized spacial score (nSPS) is 13.0. The van der Waals surface area contributed by atoms with E-state index < -0.39 is 17.2 Å². The Morgan fingerprint density at radius 1 is 0.429 bits per heavy atom. The number of nitrogens with one attached hydrogen (secondary N) is 2. The second-order valence-electron chi connectivity index (χ2n) is 24.7. The number of fused-ring (bicyclic) bond motifs is 10. The second-order valence-corrected chi connectivity index (χ2v) is 26.9. The molecule has 29 nitrogen and oxygen atoms in total. The van der Waals surface area contributed by atoms with Crippen LogP contribution in [0.4, 0.5) is 11.4 Å². The van der Waals surface area contributed by atoms with E-state index in [1.54, 1.807) is 9.80 Å². The Balaban J connectivity index is 0.687. The van der Waals surface area contributed by atoms with Gasteiger partial charge in [0.1, 0.15) is 11.4 Å². The minimum Gasteiger partial charge on any atom is -0.379 e. The third kappa shape index (κ3) is 28.8. The van der Waals surface area contributed by atoms with E-state index in [1.165, 1.54) is 14.2 Å². The summed E-state index contributed by atoms with van der Waals surface area (Å²) in [4.78, 5) is 78.3. The first kappa shape index (κ1) is 83.9. The summed E-state index contributed by atoms with van der Waals surface area (Å²) >= 11 is 0. The average molecular weight is 1500 g/mol. The summed E-state index contributed by atoms with van der Waals surface area (Å²) in [6.45, 7) is 14.6. The predicted octanol–water partition coefficient (Wildman–Crippen LogP) is 9.06. The van der Waals surface area contributed by atoms with Crippen LogP contribution in [-0.2, 0) is 101 Å². The number of carbonyl (C=O) groups excluding carboxylic acids is 4. The molecule has 2 aliphatic heterocycles. The lowest BCUT2D eigenvalue weighted by molar-refractivity contribution is -0.125. The van der Waals surface area contributed by atoms with Crippen LogP contribution in [0, 0.1) is 0 Å². The monoisotopic (exact) mass is 1500 g/mol. The van der Waals surface area contributed by atoms with Gasteiger partial charge in [0.15, 0.2) is 0 Å². The van der Waals surface area contributed by atoms with Crippen LogP contribution in [0.3, 0.4) is 0 Å². The zero-order valence-corrected chi connectivity index (χ0v) is 62.9. The van der Waals surface area contributed by atoms with Gasteiger partial charge in [-0.25, -0.2) is 9.36 Å². The molecule has 2 aliphatic rings. The van der Waals surface area contributed by atoms with Crippen LogP contribution in [0.15, 0.2) is 97.1 Å². The first-order valence-electron chi connectivity index (χ1n) is 36.6. The third-order valence-electron chi connectivity index (χ3n) is 17.4. The molecule has 2 unspecified atom stereocenters. The van der Waals surface area contributed by atoms with Gasteiger partial charge in [-0.2, -0.15) is 0 Å². The molecule has 31 heteroatoms. The van der Waals surface area contributed by atoms with Gasteiger partial charge in [0.05, 0.1) is 161 Å². The lowest BCUT2D eigenvalue weighted by Gasteiger charge is -2.28. The summed E-state index contributed by atoms with van der Waals surface area (Å²) in [7, 11) is -0.822. The van der Waals surface area contributed by atoms with Crippen LogP contribution in [0.25, 0.3) is 45.0 Å². The molecule has 0 bridgehead atoms. The van der Waals surface area contributed by atoms with E-state index in [2.05, 4.69) is 36.2 Å². The van der Waals surface area contributed by atoms with E-state index in [0.717, 1.165) is 96.1 Å². The maximum atomic E-state index is 14.0. The molecular formula is C74H107N11O18P2. The quantitative estimate of drug-likeness (QED) is 0.0204. The lowest BCUT2D eigenvalue weighted by atomic mass is 9.95. The molecule has 0 fully saturated rings. The van der Waals surface area contributed by atoms with Crippen molar-refractivity contribution in [2.75, 3.05) is 176 Å². The molecule has 0 saturated heterocycles. The summed E-state index contributed by atoms with van der Waals surface area (Å²) < 4.78 is 70.6. The summed E-state index contributed by atoms with van der Waals surface area (Å²) in [5.74, 6) is -0.675. The molecule has 4 amide bonds. The van der Waals surface area contributed by atoms with Gasteiger partial charge in [-0.15, -0.1) is 10.2 Å². The first-order valence-corrected chi connectivity index (χ1v) is 38.9. The zero-order chi connectivity index (χ0) is 73.9. The van der Waals surface area contributed by atoms with Crippen LogP contribution < -0.4 is 20.4 Å². The van der Waals surface area contributed by atoms with Crippen molar-refractivity contribution in [1.82, 2.24) is 45.5 Å². The highest BCUT2D eigenvalue weighted by Gasteiger charge is 2.32. The molecule has 4 heterocycles. The number of aromatic nitrogens is 6. The average Bonchev–Trinajstić information content (AvgIpc) is 1.71. The van der Waals surface area contributed by atoms with E-state index in [9.17, 15) is 29.0 Å². The van der Waals surface area contributed by atoms with Crippen molar-refractivity contribution < 1.29 is 85.0 Å². The van der Waals surface area contributed by atoms with Gasteiger partial charge in [0.2, 0.25) is 23.6 Å². The molecule has 0 spiro atoms. The van der Waals surface area contributed by atoms with E-state index in [1.807, 2.05) is 113 Å². The van der Waals surface area contributed by atoms with Crippen molar-refractivity contribution in [3.8, 4) is 45.0 Å². The van der Waals surface area contributed by atoms with Gasteiger partial charge < -0.3 is 86.2 Å². The smallest absolute Gasteiger partial charge is 0.329 e. The molecule has 4 N–H and O–H groups in total. The number of anilines is 2. The van der Waals surface area contributed by atoms with Gasteiger partial charge in [-0.05, 0) is 55.9 Å². The summed E-state index contributed by atoms with van der Waals surface area (Å²) in [6, 6.07) is 31.3. The molecule has 2 atom stereocenters. The zero-order valence-electron chi connectivity index (χ0n) is 61.2. The van der Waals surface area contributed by atoms with Gasteiger partial charge in [0, 0.05) is 101 Å². The first-order chi connectivity index (χ1) is 51.6. The molecule has 8 rings (SSSR count). The Kier molecular flexibility index (Phi) is 39.4. The van der Waals surface area contributed by atoms with E-state index in [4.69, 9.17) is 56.0 Å². The molecular weight excluding hydrogens is 1390 g/mol. The number of benzene rings is 4. The van der Waals surface area contributed by atoms with Crippen LogP contribution in [0.1, 0.15) is 95.1 Å². The number of rotatable bonds is 55. The van der Waals surface area contributed by atoms with Crippen molar-refractivity contribution >= 4 is 52.2 Å². The van der Waals surface area contributed by atoms with E-state index in [-0.39, 0.29) is 49.3 Å². The number of para-hydroxylation sites is 2. The number of nitrogens with zero attached hydrogens (tertiary/aromatic N) is 9. The molecule has 105 heavy (non-hydrogen) atoms. The van der Waals surface area contributed by atoms with Crippen LogP contribution >= 0.6 is 17.2 Å². The summed E-state index contributed by atoms with van der Waals surface area (Å²) in [5, 5.41) is 24.4. The lowest BCUT2D eigenvalue weighted by Crippen LogP contribution is -2.34. The Hall–Kier alpha value is -6.70. The highest BCUT2D eigenvalue weighted by atomic mass is 31.2. The Morgan fingerprint density at radius 2 is 0.781 bits per heavy atom. The number of hydrogen-bond donors (Lipinski definition) is 4. The molecule has 4 aromatic carbocycles. The molecule has 2 aromatic heterocycles. The topological polar surface area (TPSA) is 315 Å². The fourth-order valence-electron chi connectivity index (χ4n) is 11.9. The summed E-state index contributed by atoms with van der Waals surface area (Å²) in [6.07, 6.45) is 7.00. The number of amides is 4. The second kappa shape index (κ2) is 49.3. The van der Waals surface area contributed by atoms with Crippen LogP contribution in [-0.4, -0.2) is 234 Å². The number of hydrogen-bond acceptors (Lipinski definition) is 23. The molecule has 576 valence electrons. The highest BCUT2D eigenvalue weighted by molar-refractivity contribution is 7.40. The highest BCUT2D eigenvalue weighted by Crippen LogP contribution is 2.43. The molecule has 0 saturated carbocycles. The van der Waals surface area contributed by atoms with E-state index in [0.29, 0.717) is 201 Å². The number of carbonyl (C=O) groups is 4. The summed E-state index contributed by atoms with van der Waals surface area (Å²) in [5.41, 5.74) is 9.61.